The number of piperidine rings is 1. The smallest absolute Gasteiger partial charge is 0.0833 e. The van der Waals surface area contributed by atoms with Crippen LogP contribution in [0.15, 0.2) is 67.0 Å². The van der Waals surface area contributed by atoms with E-state index in [-0.39, 0.29) is 5.41 Å². The number of aliphatic hydroxyl groups is 1. The van der Waals surface area contributed by atoms with Gasteiger partial charge in [0.05, 0.1) is 6.10 Å². The Kier molecular flexibility index (Phi) is 4.68. The second-order valence-corrected chi connectivity index (χ2v) is 9.94. The first-order valence-corrected chi connectivity index (χ1v) is 11.7. The molecule has 31 heavy (non-hydrogen) atoms. The van der Waals surface area contributed by atoms with Gasteiger partial charge in [0.2, 0.25) is 0 Å². The lowest BCUT2D eigenvalue weighted by atomic mass is 9.74. The van der Waals surface area contributed by atoms with Gasteiger partial charge >= 0.3 is 0 Å². The molecule has 1 N–H and O–H groups in total. The average molecular weight is 431 g/mol. The Bertz CT molecular complexity index is 1110. The van der Waals surface area contributed by atoms with Gasteiger partial charge in [0.25, 0.3) is 0 Å². The molecule has 3 aromatic rings. The number of hydrogen-bond acceptors (Lipinski definition) is 3. The predicted octanol–water partition coefficient (Wildman–Crippen LogP) is 5.32. The number of benzene rings is 2. The lowest BCUT2D eigenvalue weighted by Gasteiger charge is -2.40. The zero-order chi connectivity index (χ0) is 21.0. The van der Waals surface area contributed by atoms with Crippen LogP contribution in [0.1, 0.15) is 59.1 Å². The number of fused-ring (bicyclic) bond motifs is 8. The van der Waals surface area contributed by atoms with Crippen molar-refractivity contribution in [1.82, 2.24) is 9.88 Å². The van der Waals surface area contributed by atoms with Gasteiger partial charge in [-0.2, -0.15) is 0 Å². The highest BCUT2D eigenvalue weighted by atomic mass is 35.5. The number of halogens is 1. The highest BCUT2D eigenvalue weighted by Gasteiger charge is 2.53. The van der Waals surface area contributed by atoms with E-state index in [9.17, 15) is 5.11 Å². The van der Waals surface area contributed by atoms with E-state index in [1.54, 1.807) is 12.4 Å². The molecular formula is C27H27ClN2O. The summed E-state index contributed by atoms with van der Waals surface area (Å²) in [6.07, 6.45) is 6.32. The minimum atomic E-state index is -0.420. The molecule has 0 unspecified atom stereocenters. The van der Waals surface area contributed by atoms with E-state index in [0.717, 1.165) is 49.5 Å². The van der Waals surface area contributed by atoms with Crippen molar-refractivity contribution >= 4 is 11.6 Å². The lowest BCUT2D eigenvalue weighted by Crippen LogP contribution is -2.44. The summed E-state index contributed by atoms with van der Waals surface area (Å²) < 4.78 is 0. The Balaban J connectivity index is 1.25. The summed E-state index contributed by atoms with van der Waals surface area (Å²) >= 11 is 6.46. The van der Waals surface area contributed by atoms with Gasteiger partial charge < -0.3 is 10.0 Å². The summed E-state index contributed by atoms with van der Waals surface area (Å²) in [5.41, 5.74) is 6.86. The van der Waals surface area contributed by atoms with Crippen molar-refractivity contribution in [1.29, 1.82) is 0 Å². The molecule has 2 bridgehead atoms. The topological polar surface area (TPSA) is 36.4 Å². The number of aromatic nitrogens is 1. The number of nitrogens with zero attached hydrogens (tertiary/aromatic N) is 2. The van der Waals surface area contributed by atoms with Crippen molar-refractivity contribution in [3.63, 3.8) is 0 Å². The van der Waals surface area contributed by atoms with Crippen LogP contribution in [0.3, 0.4) is 0 Å². The number of aliphatic hydroxyl groups excluding tert-OH is 1. The summed E-state index contributed by atoms with van der Waals surface area (Å²) in [6.45, 7) is 3.07. The predicted molar refractivity (Wildman–Crippen MR) is 123 cm³/mol. The zero-order valence-corrected chi connectivity index (χ0v) is 18.3. The summed E-state index contributed by atoms with van der Waals surface area (Å²) in [5.74, 6) is 0.792. The zero-order valence-electron chi connectivity index (χ0n) is 17.5. The van der Waals surface area contributed by atoms with Crippen molar-refractivity contribution in [2.24, 2.45) is 5.92 Å². The number of likely N-dealkylation sites (tertiary alicyclic amines) is 1. The van der Waals surface area contributed by atoms with Gasteiger partial charge in [0.15, 0.2) is 0 Å². The molecule has 0 radical (unpaired) electrons. The Labute approximate surface area is 188 Å². The summed E-state index contributed by atoms with van der Waals surface area (Å²) in [4.78, 5) is 6.79. The highest BCUT2D eigenvalue weighted by Crippen LogP contribution is 2.60. The average Bonchev–Trinajstić information content (AvgIpc) is 3.31. The molecule has 3 atom stereocenters. The van der Waals surface area contributed by atoms with Crippen molar-refractivity contribution in [3.05, 3.63) is 99.8 Å². The van der Waals surface area contributed by atoms with Gasteiger partial charge in [0.1, 0.15) is 0 Å². The van der Waals surface area contributed by atoms with E-state index < -0.39 is 6.10 Å². The Morgan fingerprint density at radius 3 is 2.65 bits per heavy atom. The van der Waals surface area contributed by atoms with E-state index in [4.69, 9.17) is 11.6 Å². The van der Waals surface area contributed by atoms with Gasteiger partial charge in [-0.05, 0) is 84.3 Å². The number of rotatable bonds is 4. The molecule has 0 saturated carbocycles. The quantitative estimate of drug-likeness (QED) is 0.608. The van der Waals surface area contributed by atoms with Gasteiger partial charge in [-0.15, -0.1) is 0 Å². The summed E-state index contributed by atoms with van der Waals surface area (Å²) in [7, 11) is 0. The molecule has 1 fully saturated rings. The van der Waals surface area contributed by atoms with Crippen molar-refractivity contribution in [3.8, 4) is 0 Å². The molecule has 1 aromatic heterocycles. The van der Waals surface area contributed by atoms with Crippen LogP contribution in [0, 0.1) is 5.92 Å². The largest absolute Gasteiger partial charge is 0.388 e. The monoisotopic (exact) mass is 430 g/mol. The van der Waals surface area contributed by atoms with Crippen molar-refractivity contribution in [2.75, 3.05) is 19.6 Å². The molecule has 3 aliphatic rings. The van der Waals surface area contributed by atoms with Gasteiger partial charge in [-0.1, -0.05) is 48.0 Å². The SMILES string of the molecule is O[C@@H](c1cccnc1)C1CCN(C[C@@]23C[C@@H](c4ccccc42)c2ccc(Cl)cc23)CC1. The maximum Gasteiger partial charge on any atom is 0.0833 e. The first-order valence-electron chi connectivity index (χ1n) is 11.4. The third-order valence-corrected chi connectivity index (χ3v) is 8.14. The van der Waals surface area contributed by atoms with E-state index in [0.29, 0.717) is 11.8 Å². The fourth-order valence-electron chi connectivity index (χ4n) is 6.45. The van der Waals surface area contributed by atoms with Crippen LogP contribution < -0.4 is 0 Å². The standard InChI is InChI=1S/C27H27ClN2O/c28-20-7-8-22-23-15-27(25(22)14-20,24-6-2-1-5-21(23)24)17-30-12-9-18(10-13-30)26(31)19-4-3-11-29-16-19/h1-8,11,14,16,18,23,26,31H,9-10,12-13,15,17H2/t23-,26+,27-/m0/s1. The molecule has 3 nitrogen and oxygen atoms in total. The third-order valence-electron chi connectivity index (χ3n) is 7.91. The van der Waals surface area contributed by atoms with Crippen molar-refractivity contribution < 1.29 is 5.11 Å². The summed E-state index contributed by atoms with van der Waals surface area (Å²) in [5, 5.41) is 11.7. The molecular weight excluding hydrogens is 404 g/mol. The van der Waals surface area contributed by atoms with Crippen LogP contribution in [0.5, 0.6) is 0 Å². The molecule has 2 aromatic carbocycles. The number of hydrogen-bond donors (Lipinski definition) is 1. The molecule has 1 aliphatic heterocycles. The molecule has 1 saturated heterocycles. The van der Waals surface area contributed by atoms with Crippen LogP contribution in [-0.4, -0.2) is 34.6 Å². The fraction of sp³-hybridized carbons (Fsp3) is 0.370. The maximum atomic E-state index is 10.8. The lowest BCUT2D eigenvalue weighted by molar-refractivity contribution is 0.0538. The first-order chi connectivity index (χ1) is 15.2. The van der Waals surface area contributed by atoms with Crippen LogP contribution in [0.2, 0.25) is 5.02 Å². The van der Waals surface area contributed by atoms with E-state index in [1.165, 1.54) is 22.3 Å². The maximum absolute atomic E-state index is 10.8. The van der Waals surface area contributed by atoms with E-state index in [1.807, 2.05) is 18.2 Å². The second-order valence-electron chi connectivity index (χ2n) is 9.50. The number of pyridine rings is 1. The minimum Gasteiger partial charge on any atom is -0.388 e. The molecule has 158 valence electrons. The Morgan fingerprint density at radius 1 is 1.03 bits per heavy atom. The first kappa shape index (κ1) is 19.5. The molecule has 0 spiro atoms. The molecule has 4 heteroatoms. The van der Waals surface area contributed by atoms with Gasteiger partial charge in [-0.3, -0.25) is 4.98 Å². The molecule has 2 heterocycles. The summed E-state index contributed by atoms with van der Waals surface area (Å²) in [6, 6.07) is 19.4. The molecule has 2 aliphatic carbocycles. The van der Waals surface area contributed by atoms with Crippen molar-refractivity contribution in [2.45, 2.75) is 36.7 Å². The highest BCUT2D eigenvalue weighted by molar-refractivity contribution is 6.30. The fourth-order valence-corrected chi connectivity index (χ4v) is 6.62. The van der Waals surface area contributed by atoms with Gasteiger partial charge in [-0.25, -0.2) is 0 Å². The Morgan fingerprint density at radius 2 is 1.84 bits per heavy atom. The minimum absolute atomic E-state index is 0.0380. The van der Waals surface area contributed by atoms with Gasteiger partial charge in [0, 0.05) is 35.3 Å². The molecule has 0 amide bonds. The second kappa shape index (κ2) is 7.44. The normalized spacial score (nSPS) is 25.9. The van der Waals surface area contributed by atoms with E-state index >= 15 is 0 Å². The van der Waals surface area contributed by atoms with E-state index in [2.05, 4.69) is 46.3 Å². The van der Waals surface area contributed by atoms with Crippen LogP contribution in [0.4, 0.5) is 0 Å². The third kappa shape index (κ3) is 3.06. The van der Waals surface area contributed by atoms with Crippen LogP contribution >= 0.6 is 11.6 Å². The van der Waals surface area contributed by atoms with Crippen LogP contribution in [-0.2, 0) is 5.41 Å². The molecule has 6 rings (SSSR count). The Hall–Kier alpha value is -2.20. The van der Waals surface area contributed by atoms with Crippen LogP contribution in [0.25, 0.3) is 0 Å².